The van der Waals surface area contributed by atoms with E-state index in [0.29, 0.717) is 10.7 Å². The Balaban J connectivity index is 2.38. The summed E-state index contributed by atoms with van der Waals surface area (Å²) in [6, 6.07) is 9.96. The molecule has 0 fully saturated rings. The number of anilines is 2. The van der Waals surface area contributed by atoms with Crippen LogP contribution in [-0.4, -0.2) is 9.85 Å². The van der Waals surface area contributed by atoms with Crippen molar-refractivity contribution in [2.24, 2.45) is 0 Å². The molecule has 20 heavy (non-hydrogen) atoms. The van der Waals surface area contributed by atoms with E-state index in [4.69, 9.17) is 11.6 Å². The molecule has 0 radical (unpaired) electrons. The number of nitrogens with one attached hydrogen (secondary N) is 1. The summed E-state index contributed by atoms with van der Waals surface area (Å²) in [6.45, 7) is 0. The fraction of sp³-hybridized carbons (Fsp3) is 0. The Morgan fingerprint density at radius 3 is 2.15 bits per heavy atom. The zero-order chi connectivity index (χ0) is 14.7. The van der Waals surface area contributed by atoms with Crippen molar-refractivity contribution >= 4 is 34.4 Å². The predicted molar refractivity (Wildman–Crippen MR) is 74.5 cm³/mol. The molecular formula is C12H8ClN3O4. The van der Waals surface area contributed by atoms with E-state index in [9.17, 15) is 20.2 Å². The molecule has 0 unspecified atom stereocenters. The average Bonchev–Trinajstić information content (AvgIpc) is 2.41. The number of hydrogen-bond acceptors (Lipinski definition) is 5. The van der Waals surface area contributed by atoms with Gasteiger partial charge in [-0.05, 0) is 30.3 Å². The lowest BCUT2D eigenvalue weighted by molar-refractivity contribution is -0.393. The van der Waals surface area contributed by atoms with E-state index in [1.807, 2.05) is 0 Å². The molecular weight excluding hydrogens is 286 g/mol. The Hall–Kier alpha value is -2.67. The van der Waals surface area contributed by atoms with Crippen molar-refractivity contribution in [3.05, 3.63) is 67.7 Å². The number of nitro groups is 2. The van der Waals surface area contributed by atoms with E-state index in [2.05, 4.69) is 5.32 Å². The zero-order valence-corrected chi connectivity index (χ0v) is 10.7. The van der Waals surface area contributed by atoms with Crippen LogP contribution in [0.15, 0.2) is 42.5 Å². The van der Waals surface area contributed by atoms with Crippen LogP contribution in [0.5, 0.6) is 0 Å². The molecule has 0 amide bonds. The predicted octanol–water partition coefficient (Wildman–Crippen LogP) is 3.90. The zero-order valence-electron chi connectivity index (χ0n) is 9.95. The van der Waals surface area contributed by atoms with E-state index in [0.717, 1.165) is 6.07 Å². The van der Waals surface area contributed by atoms with Gasteiger partial charge in [-0.2, -0.15) is 0 Å². The van der Waals surface area contributed by atoms with Gasteiger partial charge in [-0.25, -0.2) is 0 Å². The minimum atomic E-state index is -0.681. The molecule has 1 N–H and O–H groups in total. The second kappa shape index (κ2) is 5.54. The molecule has 2 aromatic carbocycles. The third kappa shape index (κ3) is 3.01. The molecule has 0 saturated carbocycles. The normalized spacial score (nSPS) is 10.1. The summed E-state index contributed by atoms with van der Waals surface area (Å²) in [5.74, 6) is 0. The molecule has 0 aromatic heterocycles. The summed E-state index contributed by atoms with van der Waals surface area (Å²) in [7, 11) is 0. The highest BCUT2D eigenvalue weighted by atomic mass is 35.5. The van der Waals surface area contributed by atoms with Crippen LogP contribution in [-0.2, 0) is 0 Å². The maximum absolute atomic E-state index is 11.0. The summed E-state index contributed by atoms with van der Waals surface area (Å²) < 4.78 is 0. The van der Waals surface area contributed by atoms with E-state index < -0.39 is 9.85 Å². The van der Waals surface area contributed by atoms with Gasteiger partial charge in [-0.15, -0.1) is 0 Å². The van der Waals surface area contributed by atoms with Crippen molar-refractivity contribution < 1.29 is 9.85 Å². The van der Waals surface area contributed by atoms with Gasteiger partial charge in [0.1, 0.15) is 5.69 Å². The summed E-state index contributed by atoms with van der Waals surface area (Å²) in [5.41, 5.74) is 0.0572. The first-order valence-corrected chi connectivity index (χ1v) is 5.80. The molecule has 0 saturated heterocycles. The second-order valence-electron chi connectivity index (χ2n) is 3.85. The van der Waals surface area contributed by atoms with Crippen molar-refractivity contribution in [3.8, 4) is 0 Å². The molecule has 0 aliphatic carbocycles. The largest absolute Gasteiger partial charge is 0.350 e. The van der Waals surface area contributed by atoms with E-state index in [1.165, 1.54) is 12.1 Å². The van der Waals surface area contributed by atoms with Gasteiger partial charge in [0.2, 0.25) is 0 Å². The Labute approximate surface area is 118 Å². The van der Waals surface area contributed by atoms with Crippen LogP contribution in [0, 0.1) is 20.2 Å². The van der Waals surface area contributed by atoms with Crippen LogP contribution in [0.25, 0.3) is 0 Å². The van der Waals surface area contributed by atoms with Gasteiger partial charge in [0.25, 0.3) is 11.4 Å². The average molecular weight is 294 g/mol. The number of benzene rings is 2. The lowest BCUT2D eigenvalue weighted by Crippen LogP contribution is -1.98. The van der Waals surface area contributed by atoms with Crippen molar-refractivity contribution in [2.75, 3.05) is 5.32 Å². The first kappa shape index (κ1) is 13.8. The number of nitro benzene ring substituents is 2. The molecule has 0 atom stereocenters. The summed E-state index contributed by atoms with van der Waals surface area (Å²) in [6.07, 6.45) is 0. The Morgan fingerprint density at radius 2 is 1.60 bits per heavy atom. The second-order valence-corrected chi connectivity index (χ2v) is 4.28. The number of nitrogens with zero attached hydrogens (tertiary/aromatic N) is 2. The minimum absolute atomic E-state index is 0.169. The van der Waals surface area contributed by atoms with Crippen LogP contribution >= 0.6 is 11.6 Å². The fourth-order valence-electron chi connectivity index (χ4n) is 1.58. The number of non-ortho nitro benzene ring substituents is 1. The van der Waals surface area contributed by atoms with E-state index in [-0.39, 0.29) is 17.1 Å². The minimum Gasteiger partial charge on any atom is -0.350 e. The number of halogens is 1. The highest BCUT2D eigenvalue weighted by Gasteiger charge is 2.19. The van der Waals surface area contributed by atoms with E-state index in [1.54, 1.807) is 24.3 Å². The number of rotatable bonds is 4. The van der Waals surface area contributed by atoms with Crippen molar-refractivity contribution in [3.63, 3.8) is 0 Å². The Bertz CT molecular complexity index is 673. The standard InChI is InChI=1S/C12H8ClN3O4/c13-8-1-3-9(4-2-8)14-11-6-5-10(15(17)18)7-12(11)16(19)20/h1-7,14H. The van der Waals surface area contributed by atoms with Gasteiger partial charge >= 0.3 is 0 Å². The van der Waals surface area contributed by atoms with E-state index >= 15 is 0 Å². The smallest absolute Gasteiger partial charge is 0.299 e. The van der Waals surface area contributed by atoms with Crippen LogP contribution in [0.4, 0.5) is 22.7 Å². The molecule has 2 aromatic rings. The molecule has 0 bridgehead atoms. The van der Waals surface area contributed by atoms with Gasteiger partial charge in [-0.3, -0.25) is 20.2 Å². The molecule has 2 rings (SSSR count). The lowest BCUT2D eigenvalue weighted by atomic mass is 10.2. The van der Waals surface area contributed by atoms with Crippen molar-refractivity contribution in [1.82, 2.24) is 0 Å². The molecule has 0 aliphatic heterocycles. The van der Waals surface area contributed by atoms with Crippen LogP contribution in [0.2, 0.25) is 5.02 Å². The summed E-state index contributed by atoms with van der Waals surface area (Å²) >= 11 is 5.74. The Morgan fingerprint density at radius 1 is 0.950 bits per heavy atom. The SMILES string of the molecule is O=[N+]([O-])c1ccc(Nc2ccc(Cl)cc2)c([N+](=O)[O-])c1. The molecule has 0 aliphatic rings. The molecule has 8 heteroatoms. The maximum atomic E-state index is 11.0. The highest BCUT2D eigenvalue weighted by molar-refractivity contribution is 6.30. The fourth-order valence-corrected chi connectivity index (χ4v) is 1.71. The monoisotopic (exact) mass is 293 g/mol. The van der Waals surface area contributed by atoms with Gasteiger partial charge in [-0.1, -0.05) is 11.6 Å². The maximum Gasteiger partial charge on any atom is 0.299 e. The first-order valence-electron chi connectivity index (χ1n) is 5.43. The first-order chi connectivity index (χ1) is 9.47. The molecule has 0 heterocycles. The van der Waals surface area contributed by atoms with Gasteiger partial charge in [0, 0.05) is 16.8 Å². The van der Waals surface area contributed by atoms with Crippen LogP contribution in [0.1, 0.15) is 0 Å². The Kier molecular flexibility index (Phi) is 3.81. The number of hydrogen-bond donors (Lipinski definition) is 1. The van der Waals surface area contributed by atoms with Crippen molar-refractivity contribution in [1.29, 1.82) is 0 Å². The topological polar surface area (TPSA) is 98.3 Å². The molecule has 7 nitrogen and oxygen atoms in total. The van der Waals surface area contributed by atoms with Crippen LogP contribution in [0.3, 0.4) is 0 Å². The van der Waals surface area contributed by atoms with Gasteiger partial charge in [0.05, 0.1) is 15.9 Å². The highest BCUT2D eigenvalue weighted by Crippen LogP contribution is 2.31. The quantitative estimate of drug-likeness (QED) is 0.681. The summed E-state index contributed by atoms with van der Waals surface area (Å²) in [5, 5.41) is 25.0. The van der Waals surface area contributed by atoms with Gasteiger partial charge < -0.3 is 5.32 Å². The van der Waals surface area contributed by atoms with Crippen LogP contribution < -0.4 is 5.32 Å². The third-order valence-corrected chi connectivity index (χ3v) is 2.76. The molecule has 0 spiro atoms. The lowest BCUT2D eigenvalue weighted by Gasteiger charge is -2.07. The van der Waals surface area contributed by atoms with Gasteiger partial charge in [0.15, 0.2) is 0 Å². The van der Waals surface area contributed by atoms with Crippen molar-refractivity contribution in [2.45, 2.75) is 0 Å². The third-order valence-electron chi connectivity index (χ3n) is 2.51. The summed E-state index contributed by atoms with van der Waals surface area (Å²) in [4.78, 5) is 20.2. The molecule has 102 valence electrons.